The molecule has 0 aliphatic heterocycles. The summed E-state index contributed by atoms with van der Waals surface area (Å²) in [7, 11) is 0. The number of para-hydroxylation sites is 1. The second-order valence-electron chi connectivity index (χ2n) is 14.0. The molecule has 0 heterocycles. The predicted octanol–water partition coefficient (Wildman–Crippen LogP) is 15.8. The second-order valence-corrected chi connectivity index (χ2v) is 14.0. The van der Waals surface area contributed by atoms with E-state index in [2.05, 4.69) is 216 Å². The lowest BCUT2D eigenvalue weighted by Crippen LogP contribution is -2.17. The summed E-state index contributed by atoms with van der Waals surface area (Å²) in [6, 6.07) is 68.5. The summed E-state index contributed by atoms with van der Waals surface area (Å²) in [6.45, 7) is 4.00. The minimum absolute atomic E-state index is 0.984. The Hall–Kier alpha value is -6.90. The fraction of sp³-hybridized carbons (Fsp3) is 0.0741. The van der Waals surface area contributed by atoms with Crippen LogP contribution < -0.4 is 9.80 Å². The van der Waals surface area contributed by atoms with Crippen LogP contribution >= 0.6 is 0 Å². The standard InChI is InChI=1S/C52H38N2.C2H6/c1-5-13-37(14-6-1)39-21-29-45(30-22-39)53(43-17-9-3-10-18-43)49-35-27-41-26-34-48-50(36-28-42-25-33-47(49)51(41)52(42)48)54(44-19-11-4-12-20-44)46-31-23-40(24-32-46)38-15-7-2-8-16-38;1-2/h1-11,13-19,21-36H,12,20H2;1-2H3. The van der Waals surface area contributed by atoms with Gasteiger partial charge in [-0.2, -0.15) is 0 Å². The summed E-state index contributed by atoms with van der Waals surface area (Å²) < 4.78 is 0. The van der Waals surface area contributed by atoms with Gasteiger partial charge in [0.25, 0.3) is 0 Å². The van der Waals surface area contributed by atoms with Gasteiger partial charge in [-0.15, -0.1) is 0 Å². The van der Waals surface area contributed by atoms with E-state index < -0.39 is 0 Å². The summed E-state index contributed by atoms with van der Waals surface area (Å²) in [4.78, 5) is 4.89. The fourth-order valence-corrected chi connectivity index (χ4v) is 8.27. The molecule has 0 N–H and O–H groups in total. The molecule has 0 amide bonds. The first-order valence-corrected chi connectivity index (χ1v) is 19.8. The maximum Gasteiger partial charge on any atom is 0.0540 e. The van der Waals surface area contributed by atoms with Crippen LogP contribution in [0.25, 0.3) is 54.6 Å². The zero-order chi connectivity index (χ0) is 37.8. The molecule has 0 radical (unpaired) electrons. The van der Waals surface area contributed by atoms with Gasteiger partial charge in [0.05, 0.1) is 11.4 Å². The molecule has 2 heteroatoms. The molecule has 0 unspecified atom stereocenters. The van der Waals surface area contributed by atoms with E-state index in [0.29, 0.717) is 0 Å². The maximum atomic E-state index is 2.48. The van der Waals surface area contributed by atoms with Gasteiger partial charge < -0.3 is 9.80 Å². The number of rotatable bonds is 8. The van der Waals surface area contributed by atoms with Gasteiger partial charge in [0.15, 0.2) is 0 Å². The zero-order valence-electron chi connectivity index (χ0n) is 31.9. The summed E-state index contributed by atoms with van der Waals surface area (Å²) in [5.74, 6) is 0. The first kappa shape index (κ1) is 34.8. The van der Waals surface area contributed by atoms with Gasteiger partial charge in [-0.1, -0.05) is 166 Å². The minimum Gasteiger partial charge on any atom is -0.314 e. The largest absolute Gasteiger partial charge is 0.314 e. The zero-order valence-corrected chi connectivity index (χ0v) is 31.9. The molecule has 0 aromatic heterocycles. The first-order chi connectivity index (χ1) is 27.8. The highest BCUT2D eigenvalue weighted by Crippen LogP contribution is 2.47. The molecule has 0 bridgehead atoms. The van der Waals surface area contributed by atoms with Crippen molar-refractivity contribution in [3.05, 3.63) is 212 Å². The molecule has 270 valence electrons. The van der Waals surface area contributed by atoms with E-state index in [4.69, 9.17) is 0 Å². The lowest BCUT2D eigenvalue weighted by atomic mass is 9.91. The molecule has 1 aliphatic carbocycles. The predicted molar refractivity (Wildman–Crippen MR) is 242 cm³/mol. The average molecular weight is 721 g/mol. The number of hydrogen-bond acceptors (Lipinski definition) is 2. The van der Waals surface area contributed by atoms with Crippen molar-refractivity contribution in [3.63, 3.8) is 0 Å². The van der Waals surface area contributed by atoms with Crippen molar-refractivity contribution in [1.29, 1.82) is 0 Å². The molecule has 56 heavy (non-hydrogen) atoms. The number of anilines is 5. The Morgan fingerprint density at radius 3 is 1.27 bits per heavy atom. The Labute approximate surface area is 330 Å². The quantitative estimate of drug-likeness (QED) is 0.144. The van der Waals surface area contributed by atoms with Crippen molar-refractivity contribution in [2.24, 2.45) is 0 Å². The van der Waals surface area contributed by atoms with Crippen LogP contribution in [-0.4, -0.2) is 0 Å². The summed E-state index contributed by atoms with van der Waals surface area (Å²) >= 11 is 0. The van der Waals surface area contributed by atoms with Gasteiger partial charge in [-0.3, -0.25) is 0 Å². The van der Waals surface area contributed by atoms with Gasteiger partial charge in [-0.25, -0.2) is 0 Å². The molecule has 10 rings (SSSR count). The third kappa shape index (κ3) is 6.40. The molecule has 0 saturated heterocycles. The Morgan fingerprint density at radius 1 is 0.375 bits per heavy atom. The molecule has 9 aromatic rings. The monoisotopic (exact) mass is 720 g/mol. The van der Waals surface area contributed by atoms with Gasteiger partial charge >= 0.3 is 0 Å². The van der Waals surface area contributed by atoms with Crippen LogP contribution in [0.4, 0.5) is 28.4 Å². The number of benzene rings is 9. The Balaban J connectivity index is 0.00000202. The van der Waals surface area contributed by atoms with E-state index >= 15 is 0 Å². The van der Waals surface area contributed by atoms with Gasteiger partial charge in [0.2, 0.25) is 0 Å². The summed E-state index contributed by atoms with van der Waals surface area (Å²) in [5, 5.41) is 7.58. The minimum atomic E-state index is 0.984. The molecular formula is C54H44N2. The van der Waals surface area contributed by atoms with Crippen LogP contribution in [0.1, 0.15) is 26.7 Å². The highest BCUT2D eigenvalue weighted by atomic mass is 15.2. The van der Waals surface area contributed by atoms with Crippen molar-refractivity contribution in [3.8, 4) is 22.3 Å². The van der Waals surface area contributed by atoms with Crippen molar-refractivity contribution in [2.75, 3.05) is 9.80 Å². The van der Waals surface area contributed by atoms with Crippen molar-refractivity contribution in [2.45, 2.75) is 26.7 Å². The normalized spacial score (nSPS) is 12.4. The maximum absolute atomic E-state index is 2.48. The van der Waals surface area contributed by atoms with E-state index in [1.807, 2.05) is 13.8 Å². The van der Waals surface area contributed by atoms with Crippen LogP contribution in [-0.2, 0) is 0 Å². The Morgan fingerprint density at radius 2 is 0.786 bits per heavy atom. The second kappa shape index (κ2) is 15.5. The molecule has 9 aromatic carbocycles. The summed E-state index contributed by atoms with van der Waals surface area (Å²) in [6.07, 6.45) is 8.77. The van der Waals surface area contributed by atoms with Gasteiger partial charge in [0.1, 0.15) is 0 Å². The molecule has 1 aliphatic rings. The Kier molecular flexibility index (Phi) is 9.61. The lowest BCUT2D eigenvalue weighted by Gasteiger charge is -2.31. The topological polar surface area (TPSA) is 6.48 Å². The molecule has 0 fully saturated rings. The summed E-state index contributed by atoms with van der Waals surface area (Å²) in [5.41, 5.74) is 12.0. The van der Waals surface area contributed by atoms with Crippen molar-refractivity contribution < 1.29 is 0 Å². The van der Waals surface area contributed by atoms with Gasteiger partial charge in [-0.05, 0) is 111 Å². The van der Waals surface area contributed by atoms with Crippen LogP contribution in [0.2, 0.25) is 0 Å². The molecule has 0 atom stereocenters. The average Bonchev–Trinajstić information content (AvgIpc) is 3.29. The third-order valence-electron chi connectivity index (χ3n) is 10.9. The smallest absolute Gasteiger partial charge is 0.0540 e. The van der Waals surface area contributed by atoms with Crippen LogP contribution in [0.15, 0.2) is 212 Å². The van der Waals surface area contributed by atoms with E-state index in [1.54, 1.807) is 0 Å². The third-order valence-corrected chi connectivity index (χ3v) is 10.9. The highest BCUT2D eigenvalue weighted by molar-refractivity contribution is 6.28. The van der Waals surface area contributed by atoms with E-state index in [9.17, 15) is 0 Å². The highest BCUT2D eigenvalue weighted by Gasteiger charge is 2.22. The van der Waals surface area contributed by atoms with Crippen LogP contribution in [0, 0.1) is 0 Å². The van der Waals surface area contributed by atoms with Crippen LogP contribution in [0.3, 0.4) is 0 Å². The van der Waals surface area contributed by atoms with Crippen molar-refractivity contribution >= 4 is 60.8 Å². The van der Waals surface area contributed by atoms with E-state index in [0.717, 1.165) is 29.9 Å². The van der Waals surface area contributed by atoms with E-state index in [1.165, 1.54) is 71.6 Å². The lowest BCUT2D eigenvalue weighted by molar-refractivity contribution is 0.919. The number of allylic oxidation sites excluding steroid dienone is 4. The fourth-order valence-electron chi connectivity index (χ4n) is 8.27. The van der Waals surface area contributed by atoms with Gasteiger partial charge in [0, 0.05) is 33.5 Å². The van der Waals surface area contributed by atoms with E-state index in [-0.39, 0.29) is 0 Å². The SMILES string of the molecule is C1=CCCC(N(c2ccc(-c3ccccc3)cc2)c2ccc3ccc4c(N(c5ccccc5)c5ccc(-c6ccccc6)cc5)ccc5ccc2c3c54)=C1.CC. The Bertz CT molecular complexity index is 2780. The van der Waals surface area contributed by atoms with Crippen molar-refractivity contribution in [1.82, 2.24) is 0 Å². The molecule has 0 spiro atoms. The molecule has 2 nitrogen and oxygen atoms in total. The molecule has 0 saturated carbocycles. The van der Waals surface area contributed by atoms with Crippen LogP contribution in [0.5, 0.6) is 0 Å². The molecular weight excluding hydrogens is 677 g/mol. The number of hydrogen-bond donors (Lipinski definition) is 0. The first-order valence-electron chi connectivity index (χ1n) is 19.8. The number of nitrogens with zero attached hydrogens (tertiary/aromatic N) is 2.